The molecule has 2 N–H and O–H groups in total. The molecule has 160 valence electrons. The lowest BCUT2D eigenvalue weighted by Crippen LogP contribution is -2.49. The summed E-state index contributed by atoms with van der Waals surface area (Å²) >= 11 is 6.04. The first-order valence-electron chi connectivity index (χ1n) is 9.93. The minimum Gasteiger partial charge on any atom is -0.495 e. The number of piperazine rings is 1. The molecule has 2 aromatic carbocycles. The highest BCUT2D eigenvalue weighted by Gasteiger charge is 2.20. The summed E-state index contributed by atoms with van der Waals surface area (Å²) in [6.07, 6.45) is 0. The zero-order chi connectivity index (χ0) is 21.5. The summed E-state index contributed by atoms with van der Waals surface area (Å²) in [6, 6.07) is 13.1. The smallest absolute Gasteiger partial charge is 0.313 e. The predicted octanol–water partition coefficient (Wildman–Crippen LogP) is 2.53. The molecule has 30 heavy (non-hydrogen) atoms. The molecule has 8 heteroatoms. The molecular formula is C22H27ClN4O3. The van der Waals surface area contributed by atoms with Gasteiger partial charge in [-0.25, -0.2) is 0 Å². The van der Waals surface area contributed by atoms with Gasteiger partial charge < -0.3 is 20.3 Å². The van der Waals surface area contributed by atoms with Crippen LogP contribution in [-0.4, -0.2) is 63.1 Å². The molecule has 3 rings (SSSR count). The van der Waals surface area contributed by atoms with Gasteiger partial charge in [0.1, 0.15) is 5.75 Å². The Morgan fingerprint density at radius 3 is 2.50 bits per heavy atom. The van der Waals surface area contributed by atoms with E-state index in [1.807, 2.05) is 25.1 Å². The van der Waals surface area contributed by atoms with Gasteiger partial charge in [-0.1, -0.05) is 29.8 Å². The molecule has 0 saturated carbocycles. The summed E-state index contributed by atoms with van der Waals surface area (Å²) in [7, 11) is 1.68. The second-order valence-electron chi connectivity index (χ2n) is 7.17. The van der Waals surface area contributed by atoms with Crippen molar-refractivity contribution in [1.82, 2.24) is 10.2 Å². The van der Waals surface area contributed by atoms with E-state index in [4.69, 9.17) is 16.3 Å². The Hall–Kier alpha value is -2.77. The Kier molecular flexibility index (Phi) is 7.54. The number of amides is 2. The van der Waals surface area contributed by atoms with Crippen LogP contribution >= 0.6 is 11.6 Å². The Morgan fingerprint density at radius 2 is 1.80 bits per heavy atom. The summed E-state index contributed by atoms with van der Waals surface area (Å²) in [4.78, 5) is 28.7. The molecule has 1 saturated heterocycles. The first-order valence-corrected chi connectivity index (χ1v) is 10.3. The number of methoxy groups -OCH3 is 1. The van der Waals surface area contributed by atoms with Gasteiger partial charge in [0, 0.05) is 50.0 Å². The number of para-hydroxylation sites is 2. The van der Waals surface area contributed by atoms with Crippen molar-refractivity contribution in [2.75, 3.05) is 56.6 Å². The number of ether oxygens (including phenoxy) is 1. The predicted molar refractivity (Wildman–Crippen MR) is 119 cm³/mol. The van der Waals surface area contributed by atoms with Gasteiger partial charge >= 0.3 is 11.8 Å². The molecule has 7 nitrogen and oxygen atoms in total. The molecule has 2 amide bonds. The molecule has 1 aliphatic rings. The van der Waals surface area contributed by atoms with Crippen LogP contribution in [0.1, 0.15) is 5.56 Å². The van der Waals surface area contributed by atoms with Crippen molar-refractivity contribution in [2.24, 2.45) is 0 Å². The fourth-order valence-corrected chi connectivity index (χ4v) is 3.55. The van der Waals surface area contributed by atoms with E-state index in [1.54, 1.807) is 25.3 Å². The average molecular weight is 431 g/mol. The van der Waals surface area contributed by atoms with Crippen LogP contribution in [0.3, 0.4) is 0 Å². The van der Waals surface area contributed by atoms with Gasteiger partial charge in [0.25, 0.3) is 0 Å². The average Bonchev–Trinajstić information content (AvgIpc) is 2.76. The molecule has 0 spiro atoms. The Labute approximate surface area is 181 Å². The molecule has 1 fully saturated rings. The van der Waals surface area contributed by atoms with Gasteiger partial charge in [0.05, 0.1) is 12.8 Å². The maximum absolute atomic E-state index is 12.1. The van der Waals surface area contributed by atoms with E-state index in [2.05, 4.69) is 26.5 Å². The van der Waals surface area contributed by atoms with Crippen molar-refractivity contribution >= 4 is 34.8 Å². The molecule has 0 aliphatic carbocycles. The van der Waals surface area contributed by atoms with Crippen molar-refractivity contribution in [3.05, 3.63) is 53.1 Å². The maximum Gasteiger partial charge on any atom is 0.313 e. The van der Waals surface area contributed by atoms with Crippen LogP contribution in [0, 0.1) is 6.92 Å². The normalized spacial score (nSPS) is 14.3. The molecule has 1 heterocycles. The van der Waals surface area contributed by atoms with Gasteiger partial charge in [0.15, 0.2) is 0 Å². The van der Waals surface area contributed by atoms with Crippen molar-refractivity contribution < 1.29 is 14.3 Å². The second kappa shape index (κ2) is 10.3. The summed E-state index contributed by atoms with van der Waals surface area (Å²) in [6.45, 7) is 6.48. The number of benzene rings is 2. The third-order valence-corrected chi connectivity index (χ3v) is 5.55. The number of rotatable bonds is 6. The highest BCUT2D eigenvalue weighted by Crippen LogP contribution is 2.28. The fourth-order valence-electron chi connectivity index (χ4n) is 3.37. The van der Waals surface area contributed by atoms with E-state index in [0.29, 0.717) is 23.8 Å². The topological polar surface area (TPSA) is 73.9 Å². The van der Waals surface area contributed by atoms with Crippen molar-refractivity contribution in [1.29, 1.82) is 0 Å². The third-order valence-electron chi connectivity index (χ3n) is 5.15. The minimum absolute atomic E-state index is 0.412. The Bertz CT molecular complexity index is 898. The number of carbonyl (C=O) groups is 2. The van der Waals surface area contributed by atoms with Gasteiger partial charge in [-0.2, -0.15) is 0 Å². The third kappa shape index (κ3) is 5.64. The van der Waals surface area contributed by atoms with Crippen LogP contribution < -0.4 is 20.3 Å². The number of halogens is 1. The lowest BCUT2D eigenvalue weighted by molar-refractivity contribution is -0.136. The van der Waals surface area contributed by atoms with Crippen LogP contribution in [0.4, 0.5) is 11.4 Å². The standard InChI is InChI=1S/C22H27ClN4O3/c1-16-7-8-17(15-18(16)23)25-22(29)21(28)24-9-10-26-11-13-27(14-12-26)19-5-3-4-6-20(19)30-2/h3-8,15H,9-14H2,1-2H3,(H,24,28)(H,25,29). The van der Waals surface area contributed by atoms with Crippen LogP contribution in [0.15, 0.2) is 42.5 Å². The van der Waals surface area contributed by atoms with Crippen molar-refractivity contribution in [3.8, 4) is 5.75 Å². The Balaban J connectivity index is 1.40. The highest BCUT2D eigenvalue weighted by atomic mass is 35.5. The van der Waals surface area contributed by atoms with Gasteiger partial charge in [-0.15, -0.1) is 0 Å². The minimum atomic E-state index is -0.698. The van der Waals surface area contributed by atoms with E-state index >= 15 is 0 Å². The molecular weight excluding hydrogens is 404 g/mol. The number of anilines is 2. The highest BCUT2D eigenvalue weighted by molar-refractivity contribution is 6.39. The summed E-state index contributed by atoms with van der Waals surface area (Å²) in [5.41, 5.74) is 2.50. The summed E-state index contributed by atoms with van der Waals surface area (Å²) < 4.78 is 5.45. The van der Waals surface area contributed by atoms with Gasteiger partial charge in [-0.05, 0) is 36.8 Å². The molecule has 1 aliphatic heterocycles. The summed E-state index contributed by atoms with van der Waals surface area (Å²) in [5, 5.41) is 5.79. The molecule has 0 radical (unpaired) electrons. The molecule has 0 aromatic heterocycles. The SMILES string of the molecule is COc1ccccc1N1CCN(CCNC(=O)C(=O)Nc2ccc(C)c(Cl)c2)CC1. The number of aryl methyl sites for hydroxylation is 1. The lowest BCUT2D eigenvalue weighted by atomic mass is 10.2. The number of carbonyl (C=O) groups excluding carboxylic acids is 2. The van der Waals surface area contributed by atoms with Crippen LogP contribution in [-0.2, 0) is 9.59 Å². The molecule has 0 unspecified atom stereocenters. The fraction of sp³-hybridized carbons (Fsp3) is 0.364. The largest absolute Gasteiger partial charge is 0.495 e. The molecule has 2 aromatic rings. The van der Waals surface area contributed by atoms with Crippen molar-refractivity contribution in [2.45, 2.75) is 6.92 Å². The van der Waals surface area contributed by atoms with E-state index < -0.39 is 11.8 Å². The van der Waals surface area contributed by atoms with Gasteiger partial charge in [-0.3, -0.25) is 14.5 Å². The van der Waals surface area contributed by atoms with Crippen molar-refractivity contribution in [3.63, 3.8) is 0 Å². The second-order valence-corrected chi connectivity index (χ2v) is 7.58. The number of hydrogen-bond donors (Lipinski definition) is 2. The molecule has 0 bridgehead atoms. The Morgan fingerprint density at radius 1 is 1.07 bits per heavy atom. The maximum atomic E-state index is 12.1. The van der Waals surface area contributed by atoms with E-state index in [-0.39, 0.29) is 0 Å². The first-order chi connectivity index (χ1) is 14.5. The van der Waals surface area contributed by atoms with E-state index in [1.165, 1.54) is 0 Å². The summed E-state index contributed by atoms with van der Waals surface area (Å²) in [5.74, 6) is -0.477. The van der Waals surface area contributed by atoms with Crippen LogP contribution in [0.2, 0.25) is 5.02 Å². The lowest BCUT2D eigenvalue weighted by Gasteiger charge is -2.36. The van der Waals surface area contributed by atoms with E-state index in [0.717, 1.165) is 43.2 Å². The number of nitrogens with one attached hydrogen (secondary N) is 2. The number of nitrogens with zero attached hydrogens (tertiary/aromatic N) is 2. The van der Waals surface area contributed by atoms with E-state index in [9.17, 15) is 9.59 Å². The van der Waals surface area contributed by atoms with Gasteiger partial charge in [0.2, 0.25) is 0 Å². The van der Waals surface area contributed by atoms with Crippen LogP contribution in [0.5, 0.6) is 5.75 Å². The number of hydrogen-bond acceptors (Lipinski definition) is 5. The monoisotopic (exact) mass is 430 g/mol. The molecule has 0 atom stereocenters. The first kappa shape index (κ1) is 21.9. The zero-order valence-electron chi connectivity index (χ0n) is 17.3. The zero-order valence-corrected chi connectivity index (χ0v) is 18.0. The quantitative estimate of drug-likeness (QED) is 0.689. The van der Waals surface area contributed by atoms with Crippen LogP contribution in [0.25, 0.3) is 0 Å².